The Kier molecular flexibility index (Phi) is 4.90. The summed E-state index contributed by atoms with van der Waals surface area (Å²) < 4.78 is 5.61. The fourth-order valence-corrected chi connectivity index (χ4v) is 4.22. The zero-order chi connectivity index (χ0) is 18.2. The van der Waals surface area contributed by atoms with E-state index in [1.165, 1.54) is 0 Å². The van der Waals surface area contributed by atoms with Crippen LogP contribution in [0, 0.1) is 5.92 Å². The number of nitrogens with zero attached hydrogens (tertiary/aromatic N) is 1. The van der Waals surface area contributed by atoms with Crippen molar-refractivity contribution < 1.29 is 14.3 Å². The zero-order valence-corrected chi connectivity index (χ0v) is 15.7. The highest BCUT2D eigenvalue weighted by Gasteiger charge is 2.42. The van der Waals surface area contributed by atoms with Crippen LogP contribution >= 0.6 is 0 Å². The molecule has 25 heavy (non-hydrogen) atoms. The van der Waals surface area contributed by atoms with Crippen molar-refractivity contribution in [2.45, 2.75) is 70.9 Å². The Morgan fingerprint density at radius 1 is 1.20 bits per heavy atom. The number of ether oxygens (including phenoxy) is 1. The van der Waals surface area contributed by atoms with E-state index in [0.29, 0.717) is 12.5 Å². The molecule has 3 rings (SSSR count). The Hall–Kier alpha value is -1.84. The Bertz CT molecular complexity index is 661. The van der Waals surface area contributed by atoms with Gasteiger partial charge in [0.05, 0.1) is 0 Å². The molecule has 0 spiro atoms. The summed E-state index contributed by atoms with van der Waals surface area (Å²) in [4.78, 5) is 27.6. The molecule has 1 fully saturated rings. The molecule has 136 valence electrons. The molecule has 0 bridgehead atoms. The highest BCUT2D eigenvalue weighted by molar-refractivity contribution is 6.01. The molecule has 3 unspecified atom stereocenters. The molecule has 1 aromatic rings. The summed E-state index contributed by atoms with van der Waals surface area (Å²) in [5.74, 6) is 0.396. The molecule has 3 atom stereocenters. The SMILES string of the molecule is CC1CC(C2CCCCN2C(=O)OC(C)(C)C)C(=O)c2ccccc21. The molecular formula is C21H29NO3. The average molecular weight is 343 g/mol. The Morgan fingerprint density at radius 3 is 2.64 bits per heavy atom. The van der Waals surface area contributed by atoms with E-state index in [9.17, 15) is 9.59 Å². The molecule has 4 nitrogen and oxygen atoms in total. The number of carbonyl (C=O) groups is 2. The van der Waals surface area contributed by atoms with Gasteiger partial charge >= 0.3 is 6.09 Å². The molecule has 0 aromatic heterocycles. The molecule has 0 radical (unpaired) electrons. The van der Waals surface area contributed by atoms with Gasteiger partial charge in [-0.1, -0.05) is 31.2 Å². The van der Waals surface area contributed by atoms with Gasteiger partial charge in [0.1, 0.15) is 5.60 Å². The summed E-state index contributed by atoms with van der Waals surface area (Å²) in [6, 6.07) is 7.86. The number of carbonyl (C=O) groups excluding carboxylic acids is 2. The third-order valence-corrected chi connectivity index (χ3v) is 5.34. The molecular weight excluding hydrogens is 314 g/mol. The van der Waals surface area contributed by atoms with Gasteiger partial charge in [-0.15, -0.1) is 0 Å². The summed E-state index contributed by atoms with van der Waals surface area (Å²) in [6.45, 7) is 8.51. The van der Waals surface area contributed by atoms with Crippen LogP contribution < -0.4 is 0 Å². The second kappa shape index (κ2) is 6.81. The maximum absolute atomic E-state index is 13.1. The van der Waals surface area contributed by atoms with E-state index >= 15 is 0 Å². The predicted octanol–water partition coefficient (Wildman–Crippen LogP) is 4.78. The number of rotatable bonds is 1. The smallest absolute Gasteiger partial charge is 0.410 e. The fraction of sp³-hybridized carbons (Fsp3) is 0.619. The third kappa shape index (κ3) is 3.73. The van der Waals surface area contributed by atoms with Crippen LogP contribution in [0.1, 0.15) is 75.2 Å². The number of benzene rings is 1. The summed E-state index contributed by atoms with van der Waals surface area (Å²) in [5.41, 5.74) is 1.46. The lowest BCUT2D eigenvalue weighted by atomic mass is 9.72. The summed E-state index contributed by atoms with van der Waals surface area (Å²) in [6.07, 6.45) is 3.44. The summed E-state index contributed by atoms with van der Waals surface area (Å²) >= 11 is 0. The average Bonchev–Trinajstić information content (AvgIpc) is 2.57. The first-order chi connectivity index (χ1) is 11.8. The molecule has 1 aliphatic carbocycles. The summed E-state index contributed by atoms with van der Waals surface area (Å²) in [5, 5.41) is 0. The molecule has 4 heteroatoms. The Morgan fingerprint density at radius 2 is 1.92 bits per heavy atom. The second-order valence-corrected chi connectivity index (χ2v) is 8.43. The number of likely N-dealkylation sites (tertiary alicyclic amines) is 1. The number of Topliss-reactive ketones (excluding diaryl/α,β-unsaturated/α-hetero) is 1. The topological polar surface area (TPSA) is 46.6 Å². The number of hydrogen-bond donors (Lipinski definition) is 0. The standard InChI is InChI=1S/C21H29NO3/c1-14-13-17(19(23)16-10-6-5-9-15(14)16)18-11-7-8-12-22(18)20(24)25-21(2,3)4/h5-6,9-10,14,17-18H,7-8,11-13H2,1-4H3. The van der Waals surface area contributed by atoms with E-state index in [-0.39, 0.29) is 23.8 Å². The Labute approximate surface area is 150 Å². The lowest BCUT2D eigenvalue weighted by molar-refractivity contribution is 0.00134. The first kappa shape index (κ1) is 18.0. The number of amides is 1. The van der Waals surface area contributed by atoms with Crippen molar-refractivity contribution in [1.82, 2.24) is 4.90 Å². The van der Waals surface area contributed by atoms with Crippen LogP contribution in [0.25, 0.3) is 0 Å². The van der Waals surface area contributed by atoms with E-state index in [1.807, 2.05) is 43.9 Å². The molecule has 1 saturated heterocycles. The number of hydrogen-bond acceptors (Lipinski definition) is 3. The maximum Gasteiger partial charge on any atom is 0.410 e. The molecule has 1 amide bonds. The summed E-state index contributed by atoms with van der Waals surface area (Å²) in [7, 11) is 0. The second-order valence-electron chi connectivity index (χ2n) is 8.43. The van der Waals surface area contributed by atoms with Gasteiger partial charge in [-0.3, -0.25) is 4.79 Å². The van der Waals surface area contributed by atoms with Gasteiger partial charge in [0, 0.05) is 24.1 Å². The maximum atomic E-state index is 13.1. The quantitative estimate of drug-likeness (QED) is 0.737. The van der Waals surface area contributed by atoms with E-state index in [4.69, 9.17) is 4.74 Å². The lowest BCUT2D eigenvalue weighted by Gasteiger charge is -2.42. The first-order valence-electron chi connectivity index (χ1n) is 9.40. The highest BCUT2D eigenvalue weighted by atomic mass is 16.6. The molecule has 1 aliphatic heterocycles. The first-order valence-corrected chi connectivity index (χ1v) is 9.40. The van der Waals surface area contributed by atoms with Gasteiger partial charge in [-0.2, -0.15) is 0 Å². The minimum atomic E-state index is -0.518. The van der Waals surface area contributed by atoms with Crippen LogP contribution in [0.5, 0.6) is 0 Å². The molecule has 1 aromatic carbocycles. The van der Waals surface area contributed by atoms with Gasteiger partial charge in [0.2, 0.25) is 0 Å². The molecule has 2 aliphatic rings. The van der Waals surface area contributed by atoms with Crippen molar-refractivity contribution in [1.29, 1.82) is 0 Å². The van der Waals surface area contributed by atoms with Crippen molar-refractivity contribution in [2.75, 3.05) is 6.54 Å². The van der Waals surface area contributed by atoms with Gasteiger partial charge < -0.3 is 9.64 Å². The van der Waals surface area contributed by atoms with Crippen molar-refractivity contribution in [2.24, 2.45) is 5.92 Å². The number of ketones is 1. The number of fused-ring (bicyclic) bond motifs is 1. The van der Waals surface area contributed by atoms with Gasteiger partial charge in [-0.25, -0.2) is 4.79 Å². The Balaban J connectivity index is 1.86. The van der Waals surface area contributed by atoms with Gasteiger partial charge in [-0.05, 0) is 57.9 Å². The van der Waals surface area contributed by atoms with Crippen LogP contribution in [0.3, 0.4) is 0 Å². The van der Waals surface area contributed by atoms with Crippen molar-refractivity contribution in [3.05, 3.63) is 35.4 Å². The van der Waals surface area contributed by atoms with E-state index in [0.717, 1.165) is 36.8 Å². The lowest BCUT2D eigenvalue weighted by Crippen LogP contribution is -2.52. The van der Waals surface area contributed by atoms with Crippen LogP contribution in [0.2, 0.25) is 0 Å². The van der Waals surface area contributed by atoms with E-state index in [1.54, 1.807) is 0 Å². The van der Waals surface area contributed by atoms with Crippen LogP contribution in [0.4, 0.5) is 4.79 Å². The van der Waals surface area contributed by atoms with Gasteiger partial charge in [0.15, 0.2) is 5.78 Å². The van der Waals surface area contributed by atoms with Crippen LogP contribution in [-0.2, 0) is 4.74 Å². The normalized spacial score (nSPS) is 27.0. The molecule has 0 N–H and O–H groups in total. The minimum Gasteiger partial charge on any atom is -0.444 e. The highest BCUT2D eigenvalue weighted by Crippen LogP contribution is 2.39. The monoisotopic (exact) mass is 343 g/mol. The van der Waals surface area contributed by atoms with Crippen LogP contribution in [-0.4, -0.2) is 35.0 Å². The van der Waals surface area contributed by atoms with Crippen molar-refractivity contribution in [3.63, 3.8) is 0 Å². The predicted molar refractivity (Wildman–Crippen MR) is 97.9 cm³/mol. The third-order valence-electron chi connectivity index (χ3n) is 5.34. The van der Waals surface area contributed by atoms with Crippen molar-refractivity contribution in [3.8, 4) is 0 Å². The number of piperidine rings is 1. The molecule has 0 saturated carbocycles. The largest absolute Gasteiger partial charge is 0.444 e. The zero-order valence-electron chi connectivity index (χ0n) is 15.7. The van der Waals surface area contributed by atoms with Crippen LogP contribution in [0.15, 0.2) is 24.3 Å². The van der Waals surface area contributed by atoms with Crippen molar-refractivity contribution >= 4 is 11.9 Å². The minimum absolute atomic E-state index is 0.0492. The molecule has 1 heterocycles. The van der Waals surface area contributed by atoms with E-state index < -0.39 is 5.60 Å². The van der Waals surface area contributed by atoms with Gasteiger partial charge in [0.25, 0.3) is 0 Å². The van der Waals surface area contributed by atoms with E-state index in [2.05, 4.69) is 13.0 Å². The fourth-order valence-electron chi connectivity index (χ4n) is 4.22.